The van der Waals surface area contributed by atoms with Gasteiger partial charge in [0.25, 0.3) is 6.43 Å². The van der Waals surface area contributed by atoms with Gasteiger partial charge in [-0.2, -0.15) is 0 Å². The van der Waals surface area contributed by atoms with Gasteiger partial charge in [0.05, 0.1) is 22.2 Å². The van der Waals surface area contributed by atoms with Crippen LogP contribution < -0.4 is 22.1 Å². The van der Waals surface area contributed by atoms with Gasteiger partial charge in [0.1, 0.15) is 16.4 Å². The minimum atomic E-state index is -3.98. The molecule has 0 bridgehead atoms. The van der Waals surface area contributed by atoms with Gasteiger partial charge in [-0.15, -0.1) is 0 Å². The van der Waals surface area contributed by atoms with E-state index in [0.717, 1.165) is 24.6 Å². The van der Waals surface area contributed by atoms with Gasteiger partial charge in [-0.1, -0.05) is 37.6 Å². The highest BCUT2D eigenvalue weighted by atomic mass is 35.5. The van der Waals surface area contributed by atoms with Crippen LogP contribution in [0.5, 0.6) is 0 Å². The Bertz CT molecular complexity index is 1300. The molecule has 0 radical (unpaired) electrons. The largest absolute Gasteiger partial charge is 0.401 e. The van der Waals surface area contributed by atoms with Crippen LogP contribution in [0.15, 0.2) is 75.6 Å². The van der Waals surface area contributed by atoms with Crippen molar-refractivity contribution in [3.05, 3.63) is 76.5 Å². The Labute approximate surface area is 225 Å². The van der Waals surface area contributed by atoms with Gasteiger partial charge in [-0.25, -0.2) is 31.4 Å². The maximum absolute atomic E-state index is 13.5. The molecule has 0 aliphatic heterocycles. The first-order valence-electron chi connectivity index (χ1n) is 11.6. The summed E-state index contributed by atoms with van der Waals surface area (Å²) in [5, 5.41) is 4.15. The predicted octanol–water partition coefficient (Wildman–Crippen LogP) is 4.69. The van der Waals surface area contributed by atoms with E-state index in [1.807, 2.05) is 12.2 Å². The predicted molar refractivity (Wildman–Crippen MR) is 143 cm³/mol. The Morgan fingerprint density at radius 1 is 1.29 bits per heavy atom. The molecule has 1 aromatic rings. The van der Waals surface area contributed by atoms with E-state index in [-0.39, 0.29) is 40.0 Å². The quantitative estimate of drug-likeness (QED) is 0.124. The monoisotopic (exact) mass is 573 g/mol. The molecular weight excluding hydrogens is 543 g/mol. The van der Waals surface area contributed by atoms with E-state index < -0.39 is 39.4 Å². The van der Waals surface area contributed by atoms with Crippen molar-refractivity contribution in [1.29, 1.82) is 0 Å². The molecule has 0 unspecified atom stereocenters. The lowest BCUT2D eigenvalue weighted by atomic mass is 10.1. The fourth-order valence-electron chi connectivity index (χ4n) is 3.50. The molecule has 0 aromatic heterocycles. The van der Waals surface area contributed by atoms with E-state index in [4.69, 9.17) is 23.1 Å². The number of allylic oxidation sites excluding steroid dienone is 4. The fourth-order valence-corrected chi connectivity index (χ4v) is 5.73. The summed E-state index contributed by atoms with van der Waals surface area (Å²) in [5.41, 5.74) is 13.6. The molecule has 0 spiro atoms. The summed E-state index contributed by atoms with van der Waals surface area (Å²) in [6.07, 6.45) is 3.62. The first-order chi connectivity index (χ1) is 17.7. The van der Waals surface area contributed by atoms with E-state index in [1.54, 1.807) is 19.1 Å². The molecule has 1 aromatic carbocycles. The number of benzene rings is 1. The third kappa shape index (κ3) is 7.87. The topological polar surface area (TPSA) is 140 Å². The van der Waals surface area contributed by atoms with Gasteiger partial charge < -0.3 is 22.1 Å². The van der Waals surface area contributed by atoms with Crippen LogP contribution in [0.2, 0.25) is 5.02 Å². The SMILES string of the molecule is C=C(/N=C(N)\C=C(/N)C1(S(=O)(=O)c2ccc(F)c(Cl)c2)CC1)/C(=C/C=C(\C)NC(=O)NCC(F)F)CCC. The third-order valence-corrected chi connectivity index (χ3v) is 8.50. The summed E-state index contributed by atoms with van der Waals surface area (Å²) in [6, 6.07) is 2.40. The van der Waals surface area contributed by atoms with Crippen LogP contribution in [0.25, 0.3) is 0 Å². The summed E-state index contributed by atoms with van der Waals surface area (Å²) < 4.78 is 63.0. The number of sulfone groups is 1. The van der Waals surface area contributed by atoms with Crippen molar-refractivity contribution in [2.45, 2.75) is 55.6 Å². The third-order valence-electron chi connectivity index (χ3n) is 5.67. The number of amides is 2. The van der Waals surface area contributed by atoms with E-state index in [9.17, 15) is 26.4 Å². The molecule has 8 nitrogen and oxygen atoms in total. The average Bonchev–Trinajstić information content (AvgIpc) is 3.64. The van der Waals surface area contributed by atoms with E-state index in [0.29, 0.717) is 17.7 Å². The number of carbonyl (C=O) groups excluding carboxylic acids is 1. The number of urea groups is 1. The van der Waals surface area contributed by atoms with Crippen LogP contribution in [0.3, 0.4) is 0 Å². The number of nitrogens with two attached hydrogens (primary N) is 2. The molecule has 13 heteroatoms. The number of rotatable bonds is 12. The number of nitrogens with zero attached hydrogens (tertiary/aromatic N) is 1. The van der Waals surface area contributed by atoms with Crippen LogP contribution >= 0.6 is 11.6 Å². The molecule has 6 N–H and O–H groups in total. The lowest BCUT2D eigenvalue weighted by molar-refractivity contribution is 0.146. The first-order valence-corrected chi connectivity index (χ1v) is 13.5. The Kier molecular flexibility index (Phi) is 10.6. The summed E-state index contributed by atoms with van der Waals surface area (Å²) >= 11 is 5.77. The Balaban J connectivity index is 2.22. The Hall–Kier alpha value is -3.25. The number of alkyl halides is 2. The zero-order chi connectivity index (χ0) is 28.7. The number of nitrogens with one attached hydrogen (secondary N) is 2. The van der Waals surface area contributed by atoms with Crippen molar-refractivity contribution < 1.29 is 26.4 Å². The number of hydrogen-bond acceptors (Lipinski definition) is 5. The van der Waals surface area contributed by atoms with Gasteiger partial charge in [0, 0.05) is 17.5 Å². The molecule has 0 heterocycles. The number of hydrogen-bond donors (Lipinski definition) is 4. The Morgan fingerprint density at radius 2 is 1.95 bits per heavy atom. The zero-order valence-corrected chi connectivity index (χ0v) is 22.6. The van der Waals surface area contributed by atoms with Crippen molar-refractivity contribution in [3.8, 4) is 0 Å². The number of aliphatic imine (C=N–C) groups is 1. The second-order valence-corrected chi connectivity index (χ2v) is 11.3. The van der Waals surface area contributed by atoms with Crippen LogP contribution in [0.4, 0.5) is 18.0 Å². The molecule has 2 rings (SSSR count). The highest BCUT2D eigenvalue weighted by Gasteiger charge is 2.57. The molecule has 1 fully saturated rings. The molecule has 0 atom stereocenters. The molecule has 0 saturated heterocycles. The number of halogens is 4. The van der Waals surface area contributed by atoms with Gasteiger partial charge in [-0.05, 0) is 56.0 Å². The van der Waals surface area contributed by atoms with E-state index in [1.165, 1.54) is 6.08 Å². The normalized spacial score (nSPS) is 16.4. The van der Waals surface area contributed by atoms with Crippen molar-refractivity contribution in [3.63, 3.8) is 0 Å². The lowest BCUT2D eigenvalue weighted by Crippen LogP contribution is -2.37. The highest BCUT2D eigenvalue weighted by molar-refractivity contribution is 7.93. The van der Waals surface area contributed by atoms with Crippen LogP contribution in [0, 0.1) is 5.82 Å². The fraction of sp³-hybridized carbons (Fsp3) is 0.360. The smallest absolute Gasteiger partial charge is 0.319 e. The van der Waals surface area contributed by atoms with Crippen LogP contribution in [-0.4, -0.2) is 38.0 Å². The highest BCUT2D eigenvalue weighted by Crippen LogP contribution is 2.50. The van der Waals surface area contributed by atoms with E-state index in [2.05, 4.69) is 16.9 Å². The van der Waals surface area contributed by atoms with Crippen molar-refractivity contribution in [2.75, 3.05) is 6.54 Å². The maximum atomic E-state index is 13.5. The number of amidine groups is 1. The van der Waals surface area contributed by atoms with Crippen molar-refractivity contribution in [1.82, 2.24) is 10.6 Å². The molecular formula is C25H31ClF3N5O3S. The van der Waals surface area contributed by atoms with E-state index >= 15 is 0 Å². The van der Waals surface area contributed by atoms with Crippen molar-refractivity contribution in [2.24, 2.45) is 16.5 Å². The minimum Gasteiger partial charge on any atom is -0.401 e. The van der Waals surface area contributed by atoms with Crippen molar-refractivity contribution >= 4 is 33.3 Å². The molecule has 1 aliphatic carbocycles. The van der Waals surface area contributed by atoms with Gasteiger partial charge in [0.15, 0.2) is 9.84 Å². The van der Waals surface area contributed by atoms with Gasteiger partial charge >= 0.3 is 6.03 Å². The maximum Gasteiger partial charge on any atom is 0.319 e. The lowest BCUT2D eigenvalue weighted by Gasteiger charge is -2.17. The molecule has 1 saturated carbocycles. The second kappa shape index (κ2) is 13.0. The molecule has 208 valence electrons. The molecule has 1 aliphatic rings. The van der Waals surface area contributed by atoms with Gasteiger partial charge in [0.2, 0.25) is 0 Å². The minimum absolute atomic E-state index is 0.0113. The van der Waals surface area contributed by atoms with Gasteiger partial charge in [-0.3, -0.25) is 0 Å². The molecule has 2 amide bonds. The summed E-state index contributed by atoms with van der Waals surface area (Å²) in [4.78, 5) is 15.7. The van der Waals surface area contributed by atoms with Crippen LogP contribution in [0.1, 0.15) is 39.5 Å². The first kappa shape index (κ1) is 31.0. The number of carbonyl (C=O) groups is 1. The zero-order valence-electron chi connectivity index (χ0n) is 21.0. The van der Waals surface area contributed by atoms with Crippen LogP contribution in [-0.2, 0) is 9.84 Å². The molecule has 38 heavy (non-hydrogen) atoms. The second-order valence-electron chi connectivity index (χ2n) is 8.67. The average molecular weight is 574 g/mol. The summed E-state index contributed by atoms with van der Waals surface area (Å²) in [5.74, 6) is -0.807. The Morgan fingerprint density at radius 3 is 2.50 bits per heavy atom. The summed E-state index contributed by atoms with van der Waals surface area (Å²) in [7, 11) is -3.98. The summed E-state index contributed by atoms with van der Waals surface area (Å²) in [6.45, 7) is 6.66. The standard InChI is InChI=1S/C25H31ClF3N5O3S/c1-4-5-17(7-6-15(2)33-24(35)32-14-22(28)29)16(3)34-23(31)13-21(30)25(10-11-25)38(36,37)18-8-9-20(27)19(26)12-18/h6-9,12-13,22H,3-5,10-11,14,30H2,1-2H3,(H2,31,34)(H2,32,33,35)/b15-6+,17-7+,21-13-.